The van der Waals surface area contributed by atoms with E-state index in [0.717, 1.165) is 32.1 Å². The molecular formula is C27H42N4O6. The summed E-state index contributed by atoms with van der Waals surface area (Å²) in [5.74, 6) is -1.55. The highest BCUT2D eigenvalue weighted by molar-refractivity contribution is 5.92. The SMILES string of the molecule is CCCN(C(=O)C(CCC(N)=O)NC(=O)OC(C)(C)C)C(C(=O)NC1CCCCC1)c1cccc(O)c1. The fourth-order valence-electron chi connectivity index (χ4n) is 4.50. The first-order chi connectivity index (χ1) is 17.4. The van der Waals surface area contributed by atoms with Crippen molar-refractivity contribution < 1.29 is 29.0 Å². The van der Waals surface area contributed by atoms with Crippen molar-refractivity contribution in [3.8, 4) is 5.75 Å². The molecule has 0 spiro atoms. The van der Waals surface area contributed by atoms with Gasteiger partial charge in [0, 0.05) is 19.0 Å². The van der Waals surface area contributed by atoms with Crippen molar-refractivity contribution in [1.82, 2.24) is 15.5 Å². The molecule has 5 N–H and O–H groups in total. The Morgan fingerprint density at radius 2 is 1.84 bits per heavy atom. The van der Waals surface area contributed by atoms with Crippen LogP contribution in [0.3, 0.4) is 0 Å². The number of carbonyl (C=O) groups excluding carboxylic acids is 4. The number of alkyl carbamates (subject to hydrolysis) is 1. The van der Waals surface area contributed by atoms with Crippen molar-refractivity contribution in [2.75, 3.05) is 6.54 Å². The van der Waals surface area contributed by atoms with Crippen molar-refractivity contribution >= 4 is 23.8 Å². The molecule has 1 aliphatic rings. The van der Waals surface area contributed by atoms with Crippen LogP contribution >= 0.6 is 0 Å². The standard InChI is InChI=1S/C27H42N4O6/c1-5-16-31(25(35)21(14-15-22(28)33)30-26(36)37-27(2,3)4)23(18-10-9-13-20(32)17-18)24(34)29-19-11-7-6-8-12-19/h9-10,13,17,19,21,23,32H,5-8,11-12,14-16H2,1-4H3,(H2,28,33)(H,29,34)(H,30,36). The lowest BCUT2D eigenvalue weighted by atomic mass is 9.94. The molecule has 4 amide bonds. The van der Waals surface area contributed by atoms with Gasteiger partial charge in [-0.15, -0.1) is 0 Å². The van der Waals surface area contributed by atoms with Crippen LogP contribution in [-0.4, -0.2) is 58.1 Å². The number of benzene rings is 1. The Kier molecular flexibility index (Phi) is 11.2. The number of nitrogens with zero attached hydrogens (tertiary/aromatic N) is 1. The minimum atomic E-state index is -1.14. The molecule has 0 aliphatic heterocycles. The maximum Gasteiger partial charge on any atom is 0.408 e. The third-order valence-electron chi connectivity index (χ3n) is 6.11. The number of phenols is 1. The Hall–Kier alpha value is -3.30. The van der Waals surface area contributed by atoms with E-state index in [2.05, 4.69) is 10.6 Å². The second kappa shape index (κ2) is 13.9. The molecule has 1 aliphatic carbocycles. The number of ether oxygens (including phenoxy) is 1. The lowest BCUT2D eigenvalue weighted by Gasteiger charge is -2.35. The van der Waals surface area contributed by atoms with Gasteiger partial charge in [0.1, 0.15) is 23.4 Å². The Bertz CT molecular complexity index is 939. The van der Waals surface area contributed by atoms with Gasteiger partial charge in [0.2, 0.25) is 17.7 Å². The van der Waals surface area contributed by atoms with Crippen LogP contribution in [0.15, 0.2) is 24.3 Å². The highest BCUT2D eigenvalue weighted by Crippen LogP contribution is 2.27. The summed E-state index contributed by atoms with van der Waals surface area (Å²) in [6.07, 6.45) is 4.42. The number of phenolic OH excluding ortho intramolecular Hbond substituents is 1. The van der Waals surface area contributed by atoms with Gasteiger partial charge in [-0.05, 0) is 64.2 Å². The molecule has 10 heteroatoms. The molecule has 1 fully saturated rings. The zero-order chi connectivity index (χ0) is 27.6. The van der Waals surface area contributed by atoms with Crippen LogP contribution in [0.25, 0.3) is 0 Å². The average Bonchev–Trinajstić information content (AvgIpc) is 2.80. The fourth-order valence-corrected chi connectivity index (χ4v) is 4.50. The number of nitrogens with two attached hydrogens (primary N) is 1. The largest absolute Gasteiger partial charge is 0.508 e. The first-order valence-electron chi connectivity index (χ1n) is 13.1. The van der Waals surface area contributed by atoms with Gasteiger partial charge in [-0.2, -0.15) is 0 Å². The van der Waals surface area contributed by atoms with E-state index in [9.17, 15) is 24.3 Å². The third kappa shape index (κ3) is 9.93. The van der Waals surface area contributed by atoms with E-state index in [4.69, 9.17) is 10.5 Å². The van der Waals surface area contributed by atoms with Gasteiger partial charge in [-0.25, -0.2) is 4.79 Å². The number of primary amides is 1. The van der Waals surface area contributed by atoms with E-state index in [1.165, 1.54) is 17.0 Å². The summed E-state index contributed by atoms with van der Waals surface area (Å²) in [6, 6.07) is 4.07. The predicted octanol–water partition coefficient (Wildman–Crippen LogP) is 3.28. The summed E-state index contributed by atoms with van der Waals surface area (Å²) < 4.78 is 5.32. The van der Waals surface area contributed by atoms with Crippen LogP contribution in [0.5, 0.6) is 5.75 Å². The Labute approximate surface area is 219 Å². The number of amides is 4. The molecule has 0 bridgehead atoms. The average molecular weight is 519 g/mol. The minimum Gasteiger partial charge on any atom is -0.508 e. The zero-order valence-corrected chi connectivity index (χ0v) is 22.4. The topological polar surface area (TPSA) is 151 Å². The van der Waals surface area contributed by atoms with Crippen molar-refractivity contribution in [1.29, 1.82) is 0 Å². The van der Waals surface area contributed by atoms with Crippen LogP contribution in [-0.2, 0) is 19.1 Å². The Balaban J connectivity index is 2.42. The maximum absolute atomic E-state index is 13.9. The highest BCUT2D eigenvalue weighted by atomic mass is 16.6. The van der Waals surface area contributed by atoms with Gasteiger partial charge >= 0.3 is 6.09 Å². The van der Waals surface area contributed by atoms with E-state index in [-0.39, 0.29) is 37.1 Å². The highest BCUT2D eigenvalue weighted by Gasteiger charge is 2.37. The molecule has 10 nitrogen and oxygen atoms in total. The maximum atomic E-state index is 13.9. The number of hydrogen-bond donors (Lipinski definition) is 4. The molecule has 1 saturated carbocycles. The summed E-state index contributed by atoms with van der Waals surface area (Å²) >= 11 is 0. The molecule has 0 heterocycles. The van der Waals surface area contributed by atoms with Gasteiger partial charge in [0.25, 0.3) is 0 Å². The van der Waals surface area contributed by atoms with E-state index >= 15 is 0 Å². The number of nitrogens with one attached hydrogen (secondary N) is 2. The van der Waals surface area contributed by atoms with Crippen molar-refractivity contribution in [2.45, 2.75) is 103 Å². The Morgan fingerprint density at radius 1 is 1.16 bits per heavy atom. The first kappa shape index (κ1) is 29.9. The van der Waals surface area contributed by atoms with Crippen LogP contribution in [0.2, 0.25) is 0 Å². The van der Waals surface area contributed by atoms with Gasteiger partial charge in [-0.3, -0.25) is 14.4 Å². The van der Waals surface area contributed by atoms with Gasteiger partial charge in [0.05, 0.1) is 0 Å². The first-order valence-corrected chi connectivity index (χ1v) is 13.1. The minimum absolute atomic E-state index is 0.00480. The Morgan fingerprint density at radius 3 is 2.41 bits per heavy atom. The van der Waals surface area contributed by atoms with E-state index in [0.29, 0.717) is 12.0 Å². The molecule has 2 unspecified atom stereocenters. The number of carbonyl (C=O) groups is 4. The molecular weight excluding hydrogens is 476 g/mol. The quantitative estimate of drug-likeness (QED) is 0.353. The molecule has 2 atom stereocenters. The third-order valence-corrected chi connectivity index (χ3v) is 6.11. The summed E-state index contributed by atoms with van der Waals surface area (Å²) in [7, 11) is 0. The molecule has 0 saturated heterocycles. The van der Waals surface area contributed by atoms with Crippen LogP contribution in [0, 0.1) is 0 Å². The molecule has 206 valence electrons. The molecule has 0 aromatic heterocycles. The van der Waals surface area contributed by atoms with E-state index in [1.54, 1.807) is 32.9 Å². The van der Waals surface area contributed by atoms with Crippen LogP contribution < -0.4 is 16.4 Å². The number of rotatable bonds is 11. The lowest BCUT2D eigenvalue weighted by molar-refractivity contribution is -0.143. The smallest absolute Gasteiger partial charge is 0.408 e. The lowest BCUT2D eigenvalue weighted by Crippen LogP contribution is -2.54. The molecule has 1 aromatic rings. The van der Waals surface area contributed by atoms with Crippen molar-refractivity contribution in [2.24, 2.45) is 5.73 Å². The van der Waals surface area contributed by atoms with Gasteiger partial charge in [-0.1, -0.05) is 38.3 Å². The summed E-state index contributed by atoms with van der Waals surface area (Å²) in [6.45, 7) is 7.18. The molecule has 1 aromatic carbocycles. The summed E-state index contributed by atoms with van der Waals surface area (Å²) in [5.41, 5.74) is 4.98. The monoisotopic (exact) mass is 518 g/mol. The zero-order valence-electron chi connectivity index (χ0n) is 22.4. The summed E-state index contributed by atoms with van der Waals surface area (Å²) in [5, 5.41) is 15.8. The van der Waals surface area contributed by atoms with E-state index < -0.39 is 35.6 Å². The summed E-state index contributed by atoms with van der Waals surface area (Å²) in [4.78, 5) is 53.0. The van der Waals surface area contributed by atoms with Crippen LogP contribution in [0.4, 0.5) is 4.79 Å². The fraction of sp³-hybridized carbons (Fsp3) is 0.630. The molecule has 2 rings (SSSR count). The number of hydrogen-bond acceptors (Lipinski definition) is 6. The van der Waals surface area contributed by atoms with Gasteiger partial charge in [0.15, 0.2) is 0 Å². The second-order valence-electron chi connectivity index (χ2n) is 10.6. The predicted molar refractivity (Wildman–Crippen MR) is 139 cm³/mol. The molecule has 37 heavy (non-hydrogen) atoms. The normalized spacial score (nSPS) is 15.8. The molecule has 0 radical (unpaired) electrons. The van der Waals surface area contributed by atoms with Gasteiger partial charge < -0.3 is 31.1 Å². The van der Waals surface area contributed by atoms with Crippen molar-refractivity contribution in [3.63, 3.8) is 0 Å². The van der Waals surface area contributed by atoms with E-state index in [1.807, 2.05) is 6.92 Å². The number of aromatic hydroxyl groups is 1. The van der Waals surface area contributed by atoms with Crippen molar-refractivity contribution in [3.05, 3.63) is 29.8 Å². The second-order valence-corrected chi connectivity index (χ2v) is 10.6. The van der Waals surface area contributed by atoms with Crippen LogP contribution in [0.1, 0.15) is 90.7 Å².